The van der Waals surface area contributed by atoms with Gasteiger partial charge in [-0.1, -0.05) is 34.1 Å². The molecule has 108 valence electrons. The van der Waals surface area contributed by atoms with Crippen molar-refractivity contribution in [3.8, 4) is 0 Å². The number of carbonyl (C=O) groups is 1. The minimum absolute atomic E-state index is 0.348. The first-order valence-corrected chi connectivity index (χ1v) is 8.23. The van der Waals surface area contributed by atoms with E-state index in [-0.39, 0.29) is 5.91 Å². The van der Waals surface area contributed by atoms with Crippen molar-refractivity contribution in [2.45, 2.75) is 18.4 Å². The molecule has 0 saturated heterocycles. The monoisotopic (exact) mass is 408 g/mol. The summed E-state index contributed by atoms with van der Waals surface area (Å²) in [5.41, 5.74) is 7.90. The van der Waals surface area contributed by atoms with Gasteiger partial charge in [0.25, 0.3) is 0 Å². The number of hydrogen-bond donors (Lipinski definition) is 2. The van der Waals surface area contributed by atoms with E-state index < -0.39 is 5.54 Å². The average molecular weight is 410 g/mol. The van der Waals surface area contributed by atoms with E-state index in [0.29, 0.717) is 6.42 Å². The number of carbonyl (C=O) groups excluding carboxylic acids is 1. The lowest BCUT2D eigenvalue weighted by molar-refractivity contribution is -0.122. The maximum Gasteiger partial charge on any atom is 0.247 e. The summed E-state index contributed by atoms with van der Waals surface area (Å²) in [6.07, 6.45) is 1.49. The van der Waals surface area contributed by atoms with Crippen molar-refractivity contribution >= 4 is 43.5 Å². The van der Waals surface area contributed by atoms with Gasteiger partial charge in [-0.25, -0.2) is 0 Å². The van der Waals surface area contributed by atoms with Gasteiger partial charge in [0.05, 0.1) is 0 Å². The molecule has 0 aromatic heterocycles. The van der Waals surface area contributed by atoms with Crippen molar-refractivity contribution < 1.29 is 4.79 Å². The molecule has 1 atom stereocenters. The number of benzene rings is 2. The van der Waals surface area contributed by atoms with Gasteiger partial charge < -0.3 is 11.1 Å². The summed E-state index contributed by atoms with van der Waals surface area (Å²) in [6.45, 7) is 0. The van der Waals surface area contributed by atoms with Crippen LogP contribution in [0.4, 0.5) is 5.69 Å². The molecule has 0 radical (unpaired) electrons. The van der Waals surface area contributed by atoms with Crippen molar-refractivity contribution in [1.82, 2.24) is 0 Å². The summed E-state index contributed by atoms with van der Waals surface area (Å²) in [7, 11) is 0. The third-order valence-electron chi connectivity index (χ3n) is 3.94. The summed E-state index contributed by atoms with van der Waals surface area (Å²) < 4.78 is 1.93. The van der Waals surface area contributed by atoms with Crippen molar-refractivity contribution in [2.75, 3.05) is 5.32 Å². The van der Waals surface area contributed by atoms with Gasteiger partial charge in [0, 0.05) is 14.6 Å². The molecule has 3 nitrogen and oxygen atoms in total. The van der Waals surface area contributed by atoms with Gasteiger partial charge in [0.15, 0.2) is 0 Å². The second-order valence-corrected chi connectivity index (χ2v) is 6.95. The quantitative estimate of drug-likeness (QED) is 0.806. The average Bonchev–Trinajstić information content (AvgIpc) is 2.81. The molecule has 3 N–H and O–H groups in total. The molecular formula is C16H14Br2N2O. The van der Waals surface area contributed by atoms with Crippen molar-refractivity contribution in [3.63, 3.8) is 0 Å². The third kappa shape index (κ3) is 2.49. The Balaban J connectivity index is 2.08. The Hall–Kier alpha value is -1.33. The summed E-state index contributed by atoms with van der Waals surface area (Å²) in [6, 6.07) is 13.7. The zero-order chi connectivity index (χ0) is 15.0. The van der Waals surface area contributed by atoms with Gasteiger partial charge >= 0.3 is 0 Å². The molecule has 0 fully saturated rings. The molecule has 0 heterocycles. The minimum atomic E-state index is -0.847. The number of anilines is 1. The van der Waals surface area contributed by atoms with Gasteiger partial charge in [-0.05, 0) is 64.2 Å². The normalized spacial score (nSPS) is 20.1. The zero-order valence-corrected chi connectivity index (χ0v) is 14.4. The Morgan fingerprint density at radius 3 is 2.67 bits per heavy atom. The fraction of sp³-hybridized carbons (Fsp3) is 0.188. The Morgan fingerprint density at radius 1 is 1.19 bits per heavy atom. The number of fused-ring (bicyclic) bond motifs is 1. The largest absolute Gasteiger partial charge is 0.367 e. The molecule has 2 aromatic rings. The predicted molar refractivity (Wildman–Crippen MR) is 91.1 cm³/mol. The standard InChI is InChI=1S/C16H14Br2N2O/c17-11-5-6-12-10(9-11)7-8-16(12,15(19)21)20-14-4-2-1-3-13(14)18/h1-6,9,20H,7-8H2,(H2,19,21). The van der Waals surface area contributed by atoms with Crippen LogP contribution in [-0.2, 0) is 16.8 Å². The maximum atomic E-state index is 12.2. The maximum absolute atomic E-state index is 12.2. The van der Waals surface area contributed by atoms with E-state index in [0.717, 1.165) is 32.2 Å². The van der Waals surface area contributed by atoms with Gasteiger partial charge in [0.2, 0.25) is 5.91 Å². The highest BCUT2D eigenvalue weighted by atomic mass is 79.9. The number of primary amides is 1. The lowest BCUT2D eigenvalue weighted by Gasteiger charge is -2.30. The van der Waals surface area contributed by atoms with Gasteiger partial charge in [-0.3, -0.25) is 4.79 Å². The van der Waals surface area contributed by atoms with E-state index in [1.165, 1.54) is 0 Å². The third-order valence-corrected chi connectivity index (χ3v) is 5.12. The van der Waals surface area contributed by atoms with Crippen LogP contribution in [0.5, 0.6) is 0 Å². The number of para-hydroxylation sites is 1. The molecule has 21 heavy (non-hydrogen) atoms. The highest BCUT2D eigenvalue weighted by Gasteiger charge is 2.44. The Bertz CT molecular complexity index is 717. The van der Waals surface area contributed by atoms with E-state index in [1.54, 1.807) is 0 Å². The number of hydrogen-bond acceptors (Lipinski definition) is 2. The van der Waals surface area contributed by atoms with Gasteiger partial charge in [-0.2, -0.15) is 0 Å². The number of nitrogens with two attached hydrogens (primary N) is 1. The van der Waals surface area contributed by atoms with Crippen molar-refractivity contribution in [2.24, 2.45) is 5.73 Å². The topological polar surface area (TPSA) is 55.1 Å². The van der Waals surface area contributed by atoms with E-state index >= 15 is 0 Å². The molecule has 1 aliphatic rings. The molecule has 1 amide bonds. The van der Waals surface area contributed by atoms with Gasteiger partial charge in [0.1, 0.15) is 5.54 Å². The van der Waals surface area contributed by atoms with Crippen LogP contribution in [0.2, 0.25) is 0 Å². The highest BCUT2D eigenvalue weighted by Crippen LogP contribution is 2.41. The molecular weight excluding hydrogens is 396 g/mol. The van der Waals surface area contributed by atoms with Crippen LogP contribution < -0.4 is 11.1 Å². The number of rotatable bonds is 3. The first-order chi connectivity index (χ1) is 10.0. The fourth-order valence-corrected chi connectivity index (χ4v) is 3.67. The lowest BCUT2D eigenvalue weighted by Crippen LogP contribution is -2.46. The molecule has 0 saturated carbocycles. The van der Waals surface area contributed by atoms with Gasteiger partial charge in [-0.15, -0.1) is 0 Å². The van der Waals surface area contributed by atoms with Crippen LogP contribution in [0.1, 0.15) is 17.5 Å². The molecule has 2 aromatic carbocycles. The summed E-state index contributed by atoms with van der Waals surface area (Å²) in [5, 5.41) is 3.36. The molecule has 3 rings (SSSR count). The first kappa shape index (κ1) is 14.6. The zero-order valence-electron chi connectivity index (χ0n) is 11.2. The second kappa shape index (κ2) is 5.46. The van der Waals surface area contributed by atoms with Crippen LogP contribution in [-0.4, -0.2) is 5.91 Å². The van der Waals surface area contributed by atoms with E-state index in [1.807, 2.05) is 36.4 Å². The summed E-state index contributed by atoms with van der Waals surface area (Å²) >= 11 is 6.98. The molecule has 0 bridgehead atoms. The van der Waals surface area contributed by atoms with E-state index in [9.17, 15) is 4.79 Å². The smallest absolute Gasteiger partial charge is 0.247 e. The lowest BCUT2D eigenvalue weighted by atomic mass is 9.90. The summed E-state index contributed by atoms with van der Waals surface area (Å²) in [4.78, 5) is 12.2. The number of nitrogens with one attached hydrogen (secondary N) is 1. The van der Waals surface area contributed by atoms with Crippen molar-refractivity contribution in [1.29, 1.82) is 0 Å². The summed E-state index contributed by atoms with van der Waals surface area (Å²) in [5.74, 6) is -0.348. The van der Waals surface area contributed by atoms with Crippen LogP contribution in [0.25, 0.3) is 0 Å². The fourth-order valence-electron chi connectivity index (χ4n) is 2.88. The van der Waals surface area contributed by atoms with Crippen LogP contribution in [0, 0.1) is 0 Å². The molecule has 5 heteroatoms. The van der Waals surface area contributed by atoms with E-state index in [4.69, 9.17) is 5.73 Å². The molecule has 1 aliphatic carbocycles. The number of halogens is 2. The number of aryl methyl sites for hydroxylation is 1. The Kier molecular flexibility index (Phi) is 3.80. The molecule has 1 unspecified atom stereocenters. The Morgan fingerprint density at radius 2 is 1.95 bits per heavy atom. The second-order valence-electron chi connectivity index (χ2n) is 5.18. The Labute approximate surface area is 140 Å². The van der Waals surface area contributed by atoms with Crippen molar-refractivity contribution in [3.05, 3.63) is 62.5 Å². The van der Waals surface area contributed by atoms with Crippen LogP contribution >= 0.6 is 31.9 Å². The predicted octanol–water partition coefficient (Wildman–Crippen LogP) is 3.95. The first-order valence-electron chi connectivity index (χ1n) is 6.64. The number of amides is 1. The molecule has 0 aliphatic heterocycles. The van der Waals surface area contributed by atoms with Crippen LogP contribution in [0.3, 0.4) is 0 Å². The highest BCUT2D eigenvalue weighted by molar-refractivity contribution is 9.10. The van der Waals surface area contributed by atoms with Crippen LogP contribution in [0.15, 0.2) is 51.4 Å². The molecule has 0 spiro atoms. The van der Waals surface area contributed by atoms with E-state index in [2.05, 4.69) is 43.2 Å². The minimum Gasteiger partial charge on any atom is -0.367 e. The SMILES string of the molecule is NC(=O)C1(Nc2ccccc2Br)CCc2cc(Br)ccc21.